The number of alkyl halides is 1. The number of piperidine rings is 1. The number of nitrogens with zero attached hydrogens (tertiary/aromatic N) is 1. The molecule has 1 saturated heterocycles. The minimum atomic E-state index is -0.815. The second kappa shape index (κ2) is 6.80. The fourth-order valence-corrected chi connectivity index (χ4v) is 3.44. The van der Waals surface area contributed by atoms with Crippen LogP contribution in [0.25, 0.3) is 0 Å². The van der Waals surface area contributed by atoms with Gasteiger partial charge in [0.25, 0.3) is 0 Å². The van der Waals surface area contributed by atoms with Crippen LogP contribution in [0.2, 0.25) is 10.0 Å². The molecule has 3 nitrogen and oxygen atoms in total. The van der Waals surface area contributed by atoms with E-state index < -0.39 is 17.5 Å². The summed E-state index contributed by atoms with van der Waals surface area (Å²) >= 11 is 18.1. The number of ketones is 1. The Morgan fingerprint density at radius 1 is 0.913 bits per heavy atom. The van der Waals surface area contributed by atoms with E-state index in [1.54, 1.807) is 48.5 Å². The number of Topliss-reactive ketones (excluding diaryl/α,β-unsaturated/α-hetero) is 1. The predicted molar refractivity (Wildman–Crippen MR) is 91.3 cm³/mol. The first-order valence-electron chi connectivity index (χ1n) is 7.12. The molecule has 3 atom stereocenters. The Bertz CT molecular complexity index is 703. The molecule has 0 aliphatic carbocycles. The molecule has 1 aliphatic rings. The molecule has 0 bridgehead atoms. The van der Waals surface area contributed by atoms with Gasteiger partial charge in [0.1, 0.15) is 5.38 Å². The topological polar surface area (TPSA) is 40.5 Å². The van der Waals surface area contributed by atoms with Crippen LogP contribution in [-0.4, -0.2) is 21.4 Å². The van der Waals surface area contributed by atoms with Crippen molar-refractivity contribution < 1.29 is 10.0 Å². The van der Waals surface area contributed by atoms with E-state index in [0.29, 0.717) is 10.0 Å². The van der Waals surface area contributed by atoms with Crippen molar-refractivity contribution in [3.63, 3.8) is 0 Å². The van der Waals surface area contributed by atoms with Gasteiger partial charge in [0.2, 0.25) is 0 Å². The Morgan fingerprint density at radius 3 is 1.91 bits per heavy atom. The van der Waals surface area contributed by atoms with Crippen LogP contribution >= 0.6 is 34.8 Å². The van der Waals surface area contributed by atoms with Crippen molar-refractivity contribution in [3.05, 3.63) is 69.7 Å². The maximum Gasteiger partial charge on any atom is 0.154 e. The largest absolute Gasteiger partial charge is 0.313 e. The van der Waals surface area contributed by atoms with Crippen molar-refractivity contribution >= 4 is 40.6 Å². The van der Waals surface area contributed by atoms with Crippen LogP contribution in [0.3, 0.4) is 0 Å². The molecular weight excluding hydrogens is 357 g/mol. The average Bonchev–Trinajstić information content (AvgIpc) is 2.54. The fourth-order valence-electron chi connectivity index (χ4n) is 2.84. The lowest BCUT2D eigenvalue weighted by atomic mass is 9.88. The first kappa shape index (κ1) is 16.7. The lowest BCUT2D eigenvalue weighted by Crippen LogP contribution is -2.44. The van der Waals surface area contributed by atoms with Crippen LogP contribution in [0.5, 0.6) is 0 Å². The molecule has 2 aromatic carbocycles. The number of hydrogen-bond acceptors (Lipinski definition) is 3. The molecule has 3 unspecified atom stereocenters. The number of hydroxylamine groups is 2. The van der Waals surface area contributed by atoms with Crippen LogP contribution < -0.4 is 0 Å². The van der Waals surface area contributed by atoms with Crippen molar-refractivity contribution in [2.45, 2.75) is 23.9 Å². The van der Waals surface area contributed by atoms with Crippen LogP contribution in [0.1, 0.15) is 29.6 Å². The van der Waals surface area contributed by atoms with Gasteiger partial charge in [-0.25, -0.2) is 0 Å². The average molecular weight is 371 g/mol. The molecule has 6 heteroatoms. The summed E-state index contributed by atoms with van der Waals surface area (Å²) in [6.45, 7) is 0. The summed E-state index contributed by atoms with van der Waals surface area (Å²) in [6, 6.07) is 12.9. The van der Waals surface area contributed by atoms with Crippen LogP contribution in [0.4, 0.5) is 0 Å². The Balaban J connectivity index is 1.96. The normalized spacial score (nSPS) is 25.6. The lowest BCUT2D eigenvalue weighted by Gasteiger charge is -2.40. The standard InChI is InChI=1S/C17H14Cl3NO2/c18-12-5-1-10(2-6-12)14-9-15(22)16(20)17(21(14)23)11-3-7-13(19)8-4-11/h1-8,14,16-17,23H,9H2. The predicted octanol–water partition coefficient (Wildman–Crippen LogP) is 5.05. The van der Waals surface area contributed by atoms with E-state index in [2.05, 4.69) is 0 Å². The van der Waals surface area contributed by atoms with E-state index >= 15 is 0 Å². The molecule has 120 valence electrons. The minimum absolute atomic E-state index is 0.100. The quantitative estimate of drug-likeness (QED) is 0.752. The SMILES string of the molecule is O=C1CC(c2ccc(Cl)cc2)N(O)C(c2ccc(Cl)cc2)C1Cl. The van der Waals surface area contributed by atoms with Gasteiger partial charge in [-0.1, -0.05) is 47.5 Å². The third kappa shape index (κ3) is 3.39. The molecule has 0 saturated carbocycles. The van der Waals surface area contributed by atoms with Gasteiger partial charge in [0, 0.05) is 16.5 Å². The van der Waals surface area contributed by atoms with E-state index in [1.165, 1.54) is 0 Å². The summed E-state index contributed by atoms with van der Waals surface area (Å²) in [7, 11) is 0. The van der Waals surface area contributed by atoms with Gasteiger partial charge in [-0.3, -0.25) is 4.79 Å². The van der Waals surface area contributed by atoms with Gasteiger partial charge >= 0.3 is 0 Å². The Morgan fingerprint density at radius 2 is 1.39 bits per heavy atom. The second-order valence-corrected chi connectivity index (χ2v) is 6.86. The smallest absolute Gasteiger partial charge is 0.154 e. The third-order valence-corrected chi connectivity index (χ3v) is 5.04. The summed E-state index contributed by atoms with van der Waals surface area (Å²) in [5.74, 6) is -0.100. The molecule has 23 heavy (non-hydrogen) atoms. The monoisotopic (exact) mass is 369 g/mol. The molecule has 2 aromatic rings. The number of hydrogen-bond donors (Lipinski definition) is 1. The van der Waals surface area contributed by atoms with Gasteiger partial charge in [-0.05, 0) is 35.4 Å². The summed E-state index contributed by atoms with van der Waals surface area (Å²) in [5, 5.41) is 12.2. The summed E-state index contributed by atoms with van der Waals surface area (Å²) in [6.07, 6.45) is 0.149. The molecule has 0 spiro atoms. The lowest BCUT2D eigenvalue weighted by molar-refractivity contribution is -0.184. The molecule has 0 aromatic heterocycles. The number of rotatable bonds is 2. The van der Waals surface area contributed by atoms with Crippen LogP contribution in [-0.2, 0) is 4.79 Å². The molecular formula is C17H14Cl3NO2. The van der Waals surface area contributed by atoms with Gasteiger partial charge in [0.05, 0.1) is 12.1 Å². The second-order valence-electron chi connectivity index (χ2n) is 5.52. The maximum absolute atomic E-state index is 12.3. The van der Waals surface area contributed by atoms with Crippen LogP contribution in [0.15, 0.2) is 48.5 Å². The van der Waals surface area contributed by atoms with Gasteiger partial charge in [0.15, 0.2) is 5.78 Å². The third-order valence-electron chi connectivity index (χ3n) is 4.05. The number of halogens is 3. The molecule has 0 amide bonds. The zero-order valence-electron chi connectivity index (χ0n) is 12.0. The molecule has 1 fully saturated rings. The van der Waals surface area contributed by atoms with Crippen LogP contribution in [0, 0.1) is 0 Å². The highest BCUT2D eigenvalue weighted by atomic mass is 35.5. The highest BCUT2D eigenvalue weighted by Crippen LogP contribution is 2.41. The zero-order valence-corrected chi connectivity index (χ0v) is 14.3. The van der Waals surface area contributed by atoms with Crippen molar-refractivity contribution in [1.82, 2.24) is 5.06 Å². The zero-order chi connectivity index (χ0) is 16.6. The van der Waals surface area contributed by atoms with Gasteiger partial charge in [-0.15, -0.1) is 11.6 Å². The molecule has 1 N–H and O–H groups in total. The minimum Gasteiger partial charge on any atom is -0.313 e. The first-order valence-corrected chi connectivity index (χ1v) is 8.31. The summed E-state index contributed by atoms with van der Waals surface area (Å²) in [4.78, 5) is 12.3. The number of carbonyl (C=O) groups is 1. The highest BCUT2D eigenvalue weighted by Gasteiger charge is 2.42. The van der Waals surface area contributed by atoms with Gasteiger partial charge in [-0.2, -0.15) is 5.06 Å². The van der Waals surface area contributed by atoms with E-state index in [0.717, 1.165) is 16.2 Å². The van der Waals surface area contributed by atoms with E-state index in [4.69, 9.17) is 34.8 Å². The van der Waals surface area contributed by atoms with Crippen molar-refractivity contribution in [1.29, 1.82) is 0 Å². The summed E-state index contributed by atoms with van der Waals surface area (Å²) < 4.78 is 0. The molecule has 1 aliphatic heterocycles. The molecule has 3 rings (SSSR count). The van der Waals surface area contributed by atoms with Gasteiger partial charge < -0.3 is 5.21 Å². The Kier molecular flexibility index (Phi) is 4.95. The van der Waals surface area contributed by atoms with E-state index in [1.807, 2.05) is 0 Å². The Hall–Kier alpha value is -1.10. The van der Waals surface area contributed by atoms with Crippen molar-refractivity contribution in [2.75, 3.05) is 0 Å². The first-order chi connectivity index (χ1) is 11.0. The van der Waals surface area contributed by atoms with E-state index in [-0.39, 0.29) is 12.2 Å². The number of carbonyl (C=O) groups excluding carboxylic acids is 1. The summed E-state index contributed by atoms with van der Waals surface area (Å²) in [5.41, 5.74) is 1.55. The Labute approximate surface area is 149 Å². The molecule has 0 radical (unpaired) electrons. The van der Waals surface area contributed by atoms with E-state index in [9.17, 15) is 10.0 Å². The maximum atomic E-state index is 12.3. The van der Waals surface area contributed by atoms with Crippen molar-refractivity contribution in [3.8, 4) is 0 Å². The molecule has 1 heterocycles. The van der Waals surface area contributed by atoms with Crippen molar-refractivity contribution in [2.24, 2.45) is 0 Å². The number of benzene rings is 2. The fraction of sp³-hybridized carbons (Fsp3) is 0.235. The highest BCUT2D eigenvalue weighted by molar-refractivity contribution is 6.32.